The van der Waals surface area contributed by atoms with Crippen molar-refractivity contribution in [2.24, 2.45) is 5.11 Å². The minimum absolute atomic E-state index is 0.0244. The SMILES string of the molecule is CC(c1cc(CN=[N+]=[N-])ccc1[N+](=O)[O-])N(CCc1c[nH]c2ccccc12)C(=O)O.[N-]=[N+]=N. The van der Waals surface area contributed by atoms with Crippen molar-refractivity contribution in [3.63, 3.8) is 0 Å². The second kappa shape index (κ2) is 11.6. The highest BCUT2D eigenvalue weighted by atomic mass is 16.6. The Hall–Kier alpha value is -4.73. The molecule has 0 spiro atoms. The summed E-state index contributed by atoms with van der Waals surface area (Å²) in [6, 6.07) is 11.3. The number of amides is 1. The zero-order chi connectivity index (χ0) is 24.4. The Kier molecular flexibility index (Phi) is 8.63. The summed E-state index contributed by atoms with van der Waals surface area (Å²) in [7, 11) is 0. The second-order valence-electron chi connectivity index (χ2n) is 6.90. The second-order valence-corrected chi connectivity index (χ2v) is 6.90. The Morgan fingerprint density at radius 1 is 1.33 bits per heavy atom. The summed E-state index contributed by atoms with van der Waals surface area (Å²) in [5.41, 5.74) is 23.3. The summed E-state index contributed by atoms with van der Waals surface area (Å²) < 4.78 is 0. The number of carbonyl (C=O) groups is 1. The number of benzene rings is 2. The third-order valence-electron chi connectivity index (χ3n) is 5.07. The van der Waals surface area contributed by atoms with Gasteiger partial charge in [-0.15, -0.1) is 5.53 Å². The molecular weight excluding hydrogens is 430 g/mol. The van der Waals surface area contributed by atoms with Crippen LogP contribution in [-0.2, 0) is 13.0 Å². The fourth-order valence-corrected chi connectivity index (χ4v) is 3.52. The molecule has 0 radical (unpaired) electrons. The lowest BCUT2D eigenvalue weighted by molar-refractivity contribution is -0.385. The van der Waals surface area contributed by atoms with Gasteiger partial charge < -0.3 is 15.0 Å². The van der Waals surface area contributed by atoms with Gasteiger partial charge in [0.05, 0.1) is 23.1 Å². The number of azide groups is 1. The van der Waals surface area contributed by atoms with Crippen molar-refractivity contribution < 1.29 is 14.8 Å². The van der Waals surface area contributed by atoms with Crippen LogP contribution >= 0.6 is 0 Å². The first-order chi connectivity index (χ1) is 15.8. The monoisotopic (exact) mass is 451 g/mol. The van der Waals surface area contributed by atoms with Gasteiger partial charge in [0.1, 0.15) is 0 Å². The number of fused-ring (bicyclic) bond motifs is 1. The summed E-state index contributed by atoms with van der Waals surface area (Å²) in [6.07, 6.45) is 1.13. The van der Waals surface area contributed by atoms with Crippen LogP contribution in [-0.4, -0.2) is 32.6 Å². The number of aromatic amines is 1. The maximum absolute atomic E-state index is 12.0. The topological polar surface area (TPSA) is 208 Å². The Labute approximate surface area is 187 Å². The highest BCUT2D eigenvalue weighted by Gasteiger charge is 2.27. The van der Waals surface area contributed by atoms with Crippen LogP contribution in [0.4, 0.5) is 10.5 Å². The Morgan fingerprint density at radius 2 is 2.03 bits per heavy atom. The summed E-state index contributed by atoms with van der Waals surface area (Å²) in [4.78, 5) is 31.7. The summed E-state index contributed by atoms with van der Waals surface area (Å²) in [5.74, 6) is 0. The van der Waals surface area contributed by atoms with Crippen LogP contribution in [0.25, 0.3) is 31.8 Å². The molecule has 33 heavy (non-hydrogen) atoms. The molecule has 3 N–H and O–H groups in total. The van der Waals surface area contributed by atoms with Crippen molar-refractivity contribution in [3.8, 4) is 0 Å². The van der Waals surface area contributed by atoms with Gasteiger partial charge in [0.15, 0.2) is 0 Å². The maximum Gasteiger partial charge on any atom is 0.407 e. The van der Waals surface area contributed by atoms with E-state index in [1.807, 2.05) is 30.5 Å². The van der Waals surface area contributed by atoms with Crippen molar-refractivity contribution in [1.82, 2.24) is 9.88 Å². The molecule has 1 aromatic heterocycles. The fraction of sp³-hybridized carbons (Fsp3) is 0.250. The van der Waals surface area contributed by atoms with Crippen molar-refractivity contribution in [2.75, 3.05) is 6.54 Å². The number of aromatic nitrogens is 1. The molecule has 0 aliphatic carbocycles. The Balaban J connectivity index is 0.00000122. The lowest BCUT2D eigenvalue weighted by Crippen LogP contribution is -2.34. The van der Waals surface area contributed by atoms with Crippen molar-refractivity contribution in [3.05, 3.63) is 96.4 Å². The van der Waals surface area contributed by atoms with Gasteiger partial charge in [-0.25, -0.2) is 4.79 Å². The minimum atomic E-state index is -1.17. The first-order valence-corrected chi connectivity index (χ1v) is 9.67. The van der Waals surface area contributed by atoms with E-state index in [1.165, 1.54) is 23.1 Å². The van der Waals surface area contributed by atoms with Gasteiger partial charge in [-0.2, -0.15) is 0 Å². The Bertz CT molecular complexity index is 1230. The number of nitrogens with zero attached hydrogens (tertiary/aromatic N) is 7. The third-order valence-corrected chi connectivity index (χ3v) is 5.07. The maximum atomic E-state index is 12.0. The van der Waals surface area contributed by atoms with E-state index < -0.39 is 17.1 Å². The predicted octanol–water partition coefficient (Wildman–Crippen LogP) is 6.05. The molecule has 3 rings (SSSR count). The zero-order valence-electron chi connectivity index (χ0n) is 17.6. The standard InChI is InChI=1S/C20H20N6O4.HN3/c1-13(17-10-14(11-23-24-21)6-7-19(17)26(29)30)25(20(27)28)9-8-15-12-22-18-5-3-2-4-16(15)18;1-3-2/h2-7,10,12-13,22H,8-9,11H2,1H3,(H,27,28);1H. The van der Waals surface area contributed by atoms with Crippen LogP contribution in [0.15, 0.2) is 53.8 Å². The van der Waals surface area contributed by atoms with Gasteiger partial charge in [0.2, 0.25) is 0 Å². The average molecular weight is 451 g/mol. The van der Waals surface area contributed by atoms with Crippen LogP contribution in [0.1, 0.15) is 29.7 Å². The average Bonchev–Trinajstić information content (AvgIpc) is 3.21. The van der Waals surface area contributed by atoms with Gasteiger partial charge in [0, 0.05) is 34.6 Å². The van der Waals surface area contributed by atoms with Crippen LogP contribution in [0.3, 0.4) is 0 Å². The summed E-state index contributed by atoms with van der Waals surface area (Å²) in [6.45, 7) is 1.80. The van der Waals surface area contributed by atoms with Crippen molar-refractivity contribution >= 4 is 22.7 Å². The van der Waals surface area contributed by atoms with E-state index in [1.54, 1.807) is 11.8 Å². The van der Waals surface area contributed by atoms with Crippen LogP contribution in [0.5, 0.6) is 0 Å². The third kappa shape index (κ3) is 6.14. The number of rotatable bonds is 8. The van der Waals surface area contributed by atoms with Crippen molar-refractivity contribution in [1.29, 1.82) is 5.53 Å². The number of H-pyrrole nitrogens is 1. The van der Waals surface area contributed by atoms with Gasteiger partial charge in [0.25, 0.3) is 5.69 Å². The first kappa shape index (κ1) is 24.5. The molecule has 13 nitrogen and oxygen atoms in total. The van der Waals surface area contributed by atoms with E-state index in [4.69, 9.17) is 16.6 Å². The molecule has 1 amide bonds. The van der Waals surface area contributed by atoms with Gasteiger partial charge >= 0.3 is 6.09 Å². The number of nitro benzene ring substituents is 1. The molecular formula is C20H21N9O4. The highest BCUT2D eigenvalue weighted by Crippen LogP contribution is 2.31. The highest BCUT2D eigenvalue weighted by molar-refractivity contribution is 5.83. The molecule has 3 aromatic rings. The van der Waals surface area contributed by atoms with E-state index in [9.17, 15) is 20.0 Å². The number of nitro groups is 1. The molecule has 0 aliphatic heterocycles. The van der Waals surface area contributed by atoms with Gasteiger partial charge in [-0.3, -0.25) is 10.1 Å². The van der Waals surface area contributed by atoms with E-state index >= 15 is 0 Å². The minimum Gasteiger partial charge on any atom is -0.465 e. The lowest BCUT2D eigenvalue weighted by atomic mass is 10.0. The van der Waals surface area contributed by atoms with E-state index in [0.717, 1.165) is 16.5 Å². The number of para-hydroxylation sites is 1. The number of nitrogens with one attached hydrogen (secondary N) is 2. The first-order valence-electron chi connectivity index (χ1n) is 9.67. The molecule has 13 heteroatoms. The van der Waals surface area contributed by atoms with E-state index in [2.05, 4.69) is 15.0 Å². The molecule has 0 saturated carbocycles. The fourth-order valence-electron chi connectivity index (χ4n) is 3.52. The van der Waals surface area contributed by atoms with Crippen molar-refractivity contribution in [2.45, 2.75) is 25.9 Å². The van der Waals surface area contributed by atoms with E-state index in [0.29, 0.717) is 12.0 Å². The number of hydrogen-bond acceptors (Lipinski definition) is 5. The quantitative estimate of drug-likeness (QED) is 0.123. The summed E-state index contributed by atoms with van der Waals surface area (Å²) >= 11 is 0. The molecule has 0 aliphatic rings. The number of carboxylic acid groups (broad SMARTS) is 1. The van der Waals surface area contributed by atoms with Gasteiger partial charge in [-0.1, -0.05) is 29.4 Å². The van der Waals surface area contributed by atoms with Crippen LogP contribution < -0.4 is 0 Å². The van der Waals surface area contributed by atoms with Crippen LogP contribution in [0, 0.1) is 15.6 Å². The summed E-state index contributed by atoms with van der Waals surface area (Å²) in [5, 5.41) is 25.7. The smallest absolute Gasteiger partial charge is 0.407 e. The molecule has 0 fully saturated rings. The molecule has 2 aromatic carbocycles. The normalized spacial score (nSPS) is 10.8. The zero-order valence-corrected chi connectivity index (χ0v) is 17.6. The molecule has 1 heterocycles. The number of hydrogen-bond donors (Lipinski definition) is 3. The molecule has 1 unspecified atom stereocenters. The van der Waals surface area contributed by atoms with E-state index in [-0.39, 0.29) is 24.3 Å². The molecule has 170 valence electrons. The van der Waals surface area contributed by atoms with Gasteiger partial charge in [-0.05, 0) is 52.6 Å². The van der Waals surface area contributed by atoms with Crippen LogP contribution in [0.2, 0.25) is 0 Å². The molecule has 0 saturated heterocycles. The largest absolute Gasteiger partial charge is 0.465 e. The molecule has 1 atom stereocenters. The predicted molar refractivity (Wildman–Crippen MR) is 121 cm³/mol. The Morgan fingerprint density at radius 3 is 2.67 bits per heavy atom. The lowest BCUT2D eigenvalue weighted by Gasteiger charge is -2.27. The molecule has 0 bridgehead atoms.